The normalized spacial score (nSPS) is 10.8. The molecule has 0 amide bonds. The Labute approximate surface area is 113 Å². The first kappa shape index (κ1) is 13.5. The summed E-state index contributed by atoms with van der Waals surface area (Å²) in [6.45, 7) is 0.296. The minimum Gasteiger partial charge on any atom is -0.478 e. The van der Waals surface area contributed by atoms with Crippen LogP contribution in [0.15, 0.2) is 52.2 Å². The van der Waals surface area contributed by atoms with Crippen LogP contribution in [-0.4, -0.2) is 20.6 Å². The number of aliphatic carboxylic acids is 1. The molecule has 1 aromatic heterocycles. The van der Waals surface area contributed by atoms with Crippen molar-refractivity contribution in [2.24, 2.45) is 0 Å². The van der Waals surface area contributed by atoms with E-state index in [9.17, 15) is 14.4 Å². The third-order valence-corrected chi connectivity index (χ3v) is 2.62. The van der Waals surface area contributed by atoms with Crippen LogP contribution >= 0.6 is 0 Å². The molecule has 0 aliphatic carbocycles. The Morgan fingerprint density at radius 1 is 1.30 bits per heavy atom. The van der Waals surface area contributed by atoms with Gasteiger partial charge in [-0.05, 0) is 23.3 Å². The molecule has 6 heteroatoms. The maximum Gasteiger partial charge on any atom is 0.328 e. The number of hydrogen-bond acceptors (Lipinski definition) is 3. The zero-order chi connectivity index (χ0) is 14.5. The second-order valence-corrected chi connectivity index (χ2v) is 4.15. The van der Waals surface area contributed by atoms with Crippen LogP contribution in [-0.2, 0) is 11.3 Å². The Morgan fingerprint density at radius 2 is 2.10 bits per heavy atom. The molecule has 0 aliphatic heterocycles. The molecule has 0 saturated carbocycles. The van der Waals surface area contributed by atoms with Gasteiger partial charge in [-0.3, -0.25) is 14.3 Å². The van der Waals surface area contributed by atoms with Gasteiger partial charge in [0.15, 0.2) is 0 Å². The number of rotatable bonds is 4. The third kappa shape index (κ3) is 3.55. The Kier molecular flexibility index (Phi) is 3.95. The highest BCUT2D eigenvalue weighted by molar-refractivity contribution is 5.85. The molecule has 2 N–H and O–H groups in total. The van der Waals surface area contributed by atoms with Crippen molar-refractivity contribution in [1.29, 1.82) is 0 Å². The summed E-state index contributed by atoms with van der Waals surface area (Å²) in [4.78, 5) is 35.2. The fourth-order valence-corrected chi connectivity index (χ4v) is 1.73. The van der Waals surface area contributed by atoms with Gasteiger partial charge in [0, 0.05) is 18.3 Å². The zero-order valence-corrected chi connectivity index (χ0v) is 10.4. The van der Waals surface area contributed by atoms with Crippen LogP contribution in [0.3, 0.4) is 0 Å². The Bertz CT molecular complexity index is 771. The van der Waals surface area contributed by atoms with Crippen molar-refractivity contribution in [3.05, 3.63) is 74.6 Å². The summed E-state index contributed by atoms with van der Waals surface area (Å²) < 4.78 is 1.36. The average Bonchev–Trinajstić information content (AvgIpc) is 2.40. The van der Waals surface area contributed by atoms with Gasteiger partial charge >= 0.3 is 11.7 Å². The summed E-state index contributed by atoms with van der Waals surface area (Å²) in [5, 5.41) is 8.58. The minimum atomic E-state index is -1.02. The van der Waals surface area contributed by atoms with Crippen molar-refractivity contribution in [3.8, 4) is 0 Å². The SMILES string of the molecule is O=C(O)C=Cc1cccc(Cn2ccc(=O)[nH]c2=O)c1. The first-order chi connectivity index (χ1) is 9.54. The Balaban J connectivity index is 2.25. The number of hydrogen-bond donors (Lipinski definition) is 2. The van der Waals surface area contributed by atoms with Crippen LogP contribution in [0.2, 0.25) is 0 Å². The van der Waals surface area contributed by atoms with E-state index in [0.717, 1.165) is 17.2 Å². The fraction of sp³-hybridized carbons (Fsp3) is 0.0714. The highest BCUT2D eigenvalue weighted by atomic mass is 16.4. The van der Waals surface area contributed by atoms with Crippen LogP contribution in [0.5, 0.6) is 0 Å². The van der Waals surface area contributed by atoms with Gasteiger partial charge in [0.25, 0.3) is 5.56 Å². The number of carbonyl (C=O) groups is 1. The molecule has 0 bridgehead atoms. The molecule has 0 saturated heterocycles. The van der Waals surface area contributed by atoms with Crippen LogP contribution in [0.25, 0.3) is 6.08 Å². The number of benzene rings is 1. The van der Waals surface area contributed by atoms with Gasteiger partial charge in [-0.25, -0.2) is 9.59 Å². The molecular weight excluding hydrogens is 260 g/mol. The van der Waals surface area contributed by atoms with E-state index in [0.29, 0.717) is 6.54 Å². The lowest BCUT2D eigenvalue weighted by atomic mass is 10.1. The second-order valence-electron chi connectivity index (χ2n) is 4.15. The lowest BCUT2D eigenvalue weighted by molar-refractivity contribution is -0.131. The van der Waals surface area contributed by atoms with Gasteiger partial charge in [0.2, 0.25) is 0 Å². The molecule has 0 spiro atoms. The Morgan fingerprint density at radius 3 is 2.80 bits per heavy atom. The summed E-state index contributed by atoms with van der Waals surface area (Å²) >= 11 is 0. The van der Waals surface area contributed by atoms with Crippen molar-refractivity contribution >= 4 is 12.0 Å². The lowest BCUT2D eigenvalue weighted by Crippen LogP contribution is -2.28. The van der Waals surface area contributed by atoms with Crippen molar-refractivity contribution in [3.63, 3.8) is 0 Å². The number of aromatic amines is 1. The van der Waals surface area contributed by atoms with E-state index in [2.05, 4.69) is 4.98 Å². The van der Waals surface area contributed by atoms with Crippen LogP contribution in [0.1, 0.15) is 11.1 Å². The molecule has 6 nitrogen and oxygen atoms in total. The second kappa shape index (κ2) is 5.83. The summed E-state index contributed by atoms with van der Waals surface area (Å²) in [6, 6.07) is 8.40. The molecule has 20 heavy (non-hydrogen) atoms. The van der Waals surface area contributed by atoms with E-state index in [1.54, 1.807) is 18.2 Å². The molecule has 1 aromatic carbocycles. The standard InChI is InChI=1S/C14H12N2O4/c17-12-6-7-16(14(20)15-12)9-11-3-1-2-10(8-11)4-5-13(18)19/h1-8H,9H2,(H,18,19)(H,15,17,20). The Hall–Kier alpha value is -2.89. The van der Waals surface area contributed by atoms with E-state index < -0.39 is 17.2 Å². The number of H-pyrrole nitrogens is 1. The van der Waals surface area contributed by atoms with E-state index in [1.807, 2.05) is 6.07 Å². The highest BCUT2D eigenvalue weighted by Gasteiger charge is 1.99. The predicted octanol–water partition coefficient (Wildman–Crippen LogP) is 0.683. The number of carboxylic acids is 1. The quantitative estimate of drug-likeness (QED) is 0.801. The molecule has 0 atom stereocenters. The molecule has 0 unspecified atom stereocenters. The van der Waals surface area contributed by atoms with Gasteiger partial charge < -0.3 is 5.11 Å². The minimum absolute atomic E-state index is 0.296. The van der Waals surface area contributed by atoms with Gasteiger partial charge in [-0.2, -0.15) is 0 Å². The largest absolute Gasteiger partial charge is 0.478 e. The van der Waals surface area contributed by atoms with Gasteiger partial charge in [-0.15, -0.1) is 0 Å². The molecule has 2 rings (SSSR count). The predicted molar refractivity (Wildman–Crippen MR) is 73.5 cm³/mol. The van der Waals surface area contributed by atoms with Crippen molar-refractivity contribution in [2.45, 2.75) is 6.54 Å². The van der Waals surface area contributed by atoms with E-state index >= 15 is 0 Å². The number of nitrogens with zero attached hydrogens (tertiary/aromatic N) is 1. The summed E-state index contributed by atoms with van der Waals surface area (Å²) in [5.41, 5.74) is 0.627. The third-order valence-electron chi connectivity index (χ3n) is 2.62. The lowest BCUT2D eigenvalue weighted by Gasteiger charge is -2.05. The fourth-order valence-electron chi connectivity index (χ4n) is 1.73. The number of carboxylic acid groups (broad SMARTS) is 1. The first-order valence-electron chi connectivity index (χ1n) is 5.84. The molecule has 1 heterocycles. The van der Waals surface area contributed by atoms with E-state index in [-0.39, 0.29) is 0 Å². The van der Waals surface area contributed by atoms with E-state index in [4.69, 9.17) is 5.11 Å². The monoisotopic (exact) mass is 272 g/mol. The summed E-state index contributed by atoms with van der Waals surface area (Å²) in [5.74, 6) is -1.02. The molecule has 2 aromatic rings. The van der Waals surface area contributed by atoms with Gasteiger partial charge in [0.05, 0.1) is 6.54 Å². The smallest absolute Gasteiger partial charge is 0.328 e. The molecular formula is C14H12N2O4. The maximum absolute atomic E-state index is 11.6. The zero-order valence-electron chi connectivity index (χ0n) is 10.4. The number of aromatic nitrogens is 2. The molecule has 0 radical (unpaired) electrons. The highest BCUT2D eigenvalue weighted by Crippen LogP contribution is 2.08. The van der Waals surface area contributed by atoms with Crippen molar-refractivity contribution < 1.29 is 9.90 Å². The average molecular weight is 272 g/mol. The van der Waals surface area contributed by atoms with Crippen molar-refractivity contribution in [2.75, 3.05) is 0 Å². The van der Waals surface area contributed by atoms with Gasteiger partial charge in [-0.1, -0.05) is 18.2 Å². The first-order valence-corrected chi connectivity index (χ1v) is 5.84. The topological polar surface area (TPSA) is 92.2 Å². The maximum atomic E-state index is 11.6. The van der Waals surface area contributed by atoms with Gasteiger partial charge in [0.1, 0.15) is 0 Å². The van der Waals surface area contributed by atoms with Crippen LogP contribution in [0.4, 0.5) is 0 Å². The molecule has 0 fully saturated rings. The summed E-state index contributed by atoms with van der Waals surface area (Å²) in [7, 11) is 0. The molecule has 0 aliphatic rings. The summed E-state index contributed by atoms with van der Waals surface area (Å²) in [6.07, 6.45) is 3.94. The molecule has 102 valence electrons. The van der Waals surface area contributed by atoms with Crippen LogP contribution < -0.4 is 11.2 Å². The van der Waals surface area contributed by atoms with E-state index in [1.165, 1.54) is 22.9 Å². The van der Waals surface area contributed by atoms with Crippen LogP contribution in [0, 0.1) is 0 Å². The van der Waals surface area contributed by atoms with Crippen molar-refractivity contribution in [1.82, 2.24) is 9.55 Å². The number of nitrogens with one attached hydrogen (secondary N) is 1.